The molecule has 100 valence electrons. The Bertz CT molecular complexity index is 235. The summed E-state index contributed by atoms with van der Waals surface area (Å²) in [6.45, 7) is 4.74. The van der Waals surface area contributed by atoms with Crippen LogP contribution in [-0.4, -0.2) is 31.3 Å². The lowest BCUT2D eigenvalue weighted by Gasteiger charge is -2.25. The number of carbonyl (C=O) groups excluding carboxylic acids is 1. The highest BCUT2D eigenvalue weighted by molar-refractivity contribution is 5.80. The average Bonchev–Trinajstić information content (AvgIpc) is 2.30. The van der Waals surface area contributed by atoms with Gasteiger partial charge in [0.25, 0.3) is 0 Å². The van der Waals surface area contributed by atoms with Crippen LogP contribution in [0.3, 0.4) is 0 Å². The van der Waals surface area contributed by atoms with Crippen molar-refractivity contribution in [1.29, 1.82) is 0 Å². The second-order valence-electron chi connectivity index (χ2n) is 5.16. The summed E-state index contributed by atoms with van der Waals surface area (Å²) in [7, 11) is 0. The highest BCUT2D eigenvalue weighted by atomic mass is 16.5. The Hall–Kier alpha value is -0.610. The quantitative estimate of drug-likeness (QED) is 0.723. The van der Waals surface area contributed by atoms with Crippen molar-refractivity contribution in [3.63, 3.8) is 0 Å². The van der Waals surface area contributed by atoms with E-state index in [-0.39, 0.29) is 12.6 Å². The summed E-state index contributed by atoms with van der Waals surface area (Å²) in [4.78, 5) is 11.5. The Kier molecular flexibility index (Phi) is 5.92. The SMILES string of the molecule is CCOC(=O)C(C)(N)COCC1CCCCC1. The number of ether oxygens (including phenoxy) is 2. The van der Waals surface area contributed by atoms with E-state index < -0.39 is 5.54 Å². The summed E-state index contributed by atoms with van der Waals surface area (Å²) in [6.07, 6.45) is 6.41. The number of esters is 1. The molecule has 2 N–H and O–H groups in total. The molecule has 0 aliphatic heterocycles. The number of carbonyl (C=O) groups is 1. The van der Waals surface area contributed by atoms with E-state index >= 15 is 0 Å². The zero-order chi connectivity index (χ0) is 12.7. The summed E-state index contributed by atoms with van der Waals surface area (Å²) in [5.74, 6) is 0.255. The molecule has 0 radical (unpaired) electrons. The highest BCUT2D eigenvalue weighted by Crippen LogP contribution is 2.23. The van der Waals surface area contributed by atoms with Crippen LogP contribution in [-0.2, 0) is 14.3 Å². The molecule has 0 heterocycles. The molecule has 4 nitrogen and oxygen atoms in total. The van der Waals surface area contributed by atoms with Gasteiger partial charge in [-0.15, -0.1) is 0 Å². The minimum absolute atomic E-state index is 0.238. The van der Waals surface area contributed by atoms with E-state index in [2.05, 4.69) is 0 Å². The van der Waals surface area contributed by atoms with Gasteiger partial charge in [0.2, 0.25) is 0 Å². The molecule has 17 heavy (non-hydrogen) atoms. The maximum absolute atomic E-state index is 11.5. The second kappa shape index (κ2) is 6.97. The van der Waals surface area contributed by atoms with Gasteiger partial charge in [-0.05, 0) is 32.6 Å². The van der Waals surface area contributed by atoms with E-state index in [1.807, 2.05) is 0 Å². The molecule has 0 aromatic rings. The fourth-order valence-corrected chi connectivity index (χ4v) is 2.15. The second-order valence-corrected chi connectivity index (χ2v) is 5.16. The van der Waals surface area contributed by atoms with Gasteiger partial charge in [0, 0.05) is 6.61 Å². The minimum atomic E-state index is -1.02. The van der Waals surface area contributed by atoms with Crippen molar-refractivity contribution in [2.24, 2.45) is 11.7 Å². The Morgan fingerprint density at radius 3 is 2.59 bits per heavy atom. The number of nitrogens with two attached hydrogens (primary N) is 1. The van der Waals surface area contributed by atoms with E-state index in [0.29, 0.717) is 19.1 Å². The predicted octanol–water partition coefficient (Wildman–Crippen LogP) is 1.86. The lowest BCUT2D eigenvalue weighted by molar-refractivity contribution is -0.151. The summed E-state index contributed by atoms with van der Waals surface area (Å²) in [6, 6.07) is 0. The van der Waals surface area contributed by atoms with Gasteiger partial charge in [0.15, 0.2) is 0 Å². The molecule has 0 bridgehead atoms. The predicted molar refractivity (Wildman–Crippen MR) is 66.6 cm³/mol. The number of hydrogen-bond acceptors (Lipinski definition) is 4. The van der Waals surface area contributed by atoms with Crippen LogP contribution >= 0.6 is 0 Å². The number of rotatable bonds is 6. The smallest absolute Gasteiger partial charge is 0.328 e. The van der Waals surface area contributed by atoms with Gasteiger partial charge >= 0.3 is 5.97 Å². The zero-order valence-corrected chi connectivity index (χ0v) is 11.0. The summed E-state index contributed by atoms with van der Waals surface area (Å²) in [5, 5.41) is 0. The van der Waals surface area contributed by atoms with Crippen molar-refractivity contribution in [2.45, 2.75) is 51.5 Å². The Labute approximate surface area is 104 Å². The van der Waals surface area contributed by atoms with Crippen LogP contribution in [0.2, 0.25) is 0 Å². The highest BCUT2D eigenvalue weighted by Gasteiger charge is 2.30. The first-order chi connectivity index (χ1) is 8.06. The molecule has 1 aliphatic carbocycles. The first-order valence-electron chi connectivity index (χ1n) is 6.60. The maximum atomic E-state index is 11.5. The summed E-state index contributed by atoms with van der Waals surface area (Å²) < 4.78 is 10.5. The standard InChI is InChI=1S/C13H25NO3/c1-3-17-12(15)13(2,14)10-16-9-11-7-5-4-6-8-11/h11H,3-10,14H2,1-2H3. The van der Waals surface area contributed by atoms with Crippen molar-refractivity contribution in [3.8, 4) is 0 Å². The largest absolute Gasteiger partial charge is 0.465 e. The van der Waals surface area contributed by atoms with E-state index in [4.69, 9.17) is 15.2 Å². The molecule has 1 unspecified atom stereocenters. The Balaban J connectivity index is 2.21. The minimum Gasteiger partial charge on any atom is -0.465 e. The summed E-state index contributed by atoms with van der Waals surface area (Å²) in [5.41, 5.74) is 4.84. The van der Waals surface area contributed by atoms with Gasteiger partial charge < -0.3 is 15.2 Å². The zero-order valence-electron chi connectivity index (χ0n) is 11.0. The normalized spacial score (nSPS) is 20.9. The molecule has 0 saturated heterocycles. The molecular weight excluding hydrogens is 218 g/mol. The summed E-state index contributed by atoms with van der Waals surface area (Å²) >= 11 is 0. The van der Waals surface area contributed by atoms with E-state index in [9.17, 15) is 4.79 Å². The van der Waals surface area contributed by atoms with Crippen molar-refractivity contribution in [3.05, 3.63) is 0 Å². The Morgan fingerprint density at radius 2 is 2.00 bits per heavy atom. The third-order valence-corrected chi connectivity index (χ3v) is 3.22. The van der Waals surface area contributed by atoms with Crippen molar-refractivity contribution < 1.29 is 14.3 Å². The molecule has 1 rings (SSSR count). The van der Waals surface area contributed by atoms with E-state index in [1.165, 1.54) is 32.1 Å². The van der Waals surface area contributed by atoms with Crippen LogP contribution in [0.15, 0.2) is 0 Å². The van der Waals surface area contributed by atoms with Crippen molar-refractivity contribution in [1.82, 2.24) is 0 Å². The van der Waals surface area contributed by atoms with Gasteiger partial charge in [0.1, 0.15) is 5.54 Å². The monoisotopic (exact) mass is 243 g/mol. The molecule has 0 aromatic heterocycles. The fourth-order valence-electron chi connectivity index (χ4n) is 2.15. The molecule has 0 amide bonds. The fraction of sp³-hybridized carbons (Fsp3) is 0.923. The van der Waals surface area contributed by atoms with Crippen LogP contribution in [0.1, 0.15) is 46.0 Å². The molecule has 1 aliphatic rings. The number of hydrogen-bond donors (Lipinski definition) is 1. The molecule has 1 atom stereocenters. The lowest BCUT2D eigenvalue weighted by Crippen LogP contribution is -2.50. The van der Waals surface area contributed by atoms with Crippen LogP contribution < -0.4 is 5.73 Å². The van der Waals surface area contributed by atoms with Crippen molar-refractivity contribution in [2.75, 3.05) is 19.8 Å². The van der Waals surface area contributed by atoms with Crippen LogP contribution in [0.5, 0.6) is 0 Å². The third-order valence-electron chi connectivity index (χ3n) is 3.22. The molecule has 4 heteroatoms. The van der Waals surface area contributed by atoms with Crippen molar-refractivity contribution >= 4 is 5.97 Å². The van der Waals surface area contributed by atoms with Gasteiger partial charge in [-0.2, -0.15) is 0 Å². The maximum Gasteiger partial charge on any atom is 0.328 e. The molecule has 1 fully saturated rings. The van der Waals surface area contributed by atoms with E-state index in [1.54, 1.807) is 13.8 Å². The lowest BCUT2D eigenvalue weighted by atomic mass is 9.90. The van der Waals surface area contributed by atoms with Crippen LogP contribution in [0.4, 0.5) is 0 Å². The van der Waals surface area contributed by atoms with E-state index in [0.717, 1.165) is 0 Å². The average molecular weight is 243 g/mol. The molecule has 0 spiro atoms. The van der Waals surface area contributed by atoms with Gasteiger partial charge in [-0.3, -0.25) is 0 Å². The van der Waals surface area contributed by atoms with Gasteiger partial charge in [-0.1, -0.05) is 19.3 Å². The third kappa shape index (κ3) is 5.04. The molecule has 1 saturated carbocycles. The van der Waals surface area contributed by atoms with Gasteiger partial charge in [-0.25, -0.2) is 4.79 Å². The Morgan fingerprint density at radius 1 is 1.35 bits per heavy atom. The topological polar surface area (TPSA) is 61.5 Å². The molecule has 0 aromatic carbocycles. The first kappa shape index (κ1) is 14.5. The van der Waals surface area contributed by atoms with Gasteiger partial charge in [0.05, 0.1) is 13.2 Å². The first-order valence-corrected chi connectivity index (χ1v) is 6.60. The van der Waals surface area contributed by atoms with Crippen LogP contribution in [0.25, 0.3) is 0 Å². The van der Waals surface area contributed by atoms with Crippen LogP contribution in [0, 0.1) is 5.92 Å². The molecular formula is C13H25NO3.